The molecule has 0 bridgehead atoms. The summed E-state index contributed by atoms with van der Waals surface area (Å²) < 4.78 is 3.70. The summed E-state index contributed by atoms with van der Waals surface area (Å²) in [6, 6.07) is 8.60. The van der Waals surface area contributed by atoms with Gasteiger partial charge in [0.25, 0.3) is 0 Å². The van der Waals surface area contributed by atoms with Crippen LogP contribution in [0.1, 0.15) is 26.5 Å². The van der Waals surface area contributed by atoms with Gasteiger partial charge in [0.15, 0.2) is 0 Å². The van der Waals surface area contributed by atoms with Crippen molar-refractivity contribution in [2.75, 3.05) is 0 Å². The van der Waals surface area contributed by atoms with Crippen LogP contribution in [0.15, 0.2) is 24.3 Å². The molecule has 0 unspecified atom stereocenters. The van der Waals surface area contributed by atoms with Crippen LogP contribution in [0, 0.1) is 3.57 Å². The van der Waals surface area contributed by atoms with Crippen LogP contribution in [0.2, 0.25) is 0 Å². The van der Waals surface area contributed by atoms with E-state index in [0.717, 1.165) is 0 Å². The summed E-state index contributed by atoms with van der Waals surface area (Å²) in [5.74, 6) is 0. The first-order valence-corrected chi connectivity index (χ1v) is 6.24. The van der Waals surface area contributed by atoms with Gasteiger partial charge in [-0.15, -0.1) is 0 Å². The van der Waals surface area contributed by atoms with Crippen molar-refractivity contribution in [2.24, 2.45) is 7.05 Å². The summed E-state index contributed by atoms with van der Waals surface area (Å²) in [5.41, 5.74) is 2.95. The van der Waals surface area contributed by atoms with Crippen LogP contribution in [0.3, 0.4) is 0 Å². The van der Waals surface area contributed by atoms with Crippen LogP contribution in [0.5, 0.6) is 0 Å². The largest absolute Gasteiger partial charge is 0.346 e. The number of aryl methyl sites for hydroxylation is 1. The Labute approximate surface area is 105 Å². The molecular weight excluding hydrogens is 297 g/mol. The van der Waals surface area contributed by atoms with Gasteiger partial charge in [-0.05, 0) is 28.7 Å². The summed E-state index contributed by atoms with van der Waals surface area (Å²) in [6.45, 7) is 6.80. The van der Waals surface area contributed by atoms with Gasteiger partial charge < -0.3 is 4.57 Å². The standard InChI is InChI=1S/C13H16IN/c1-13(2,3)12-11(14)9-7-5-6-8-10(9)15(12)4/h5-8H,1-4H3. The van der Waals surface area contributed by atoms with Gasteiger partial charge in [-0.1, -0.05) is 39.0 Å². The number of benzene rings is 1. The van der Waals surface area contributed by atoms with Crippen LogP contribution >= 0.6 is 22.6 Å². The van der Waals surface area contributed by atoms with Crippen molar-refractivity contribution in [3.8, 4) is 0 Å². The van der Waals surface area contributed by atoms with Crippen molar-refractivity contribution >= 4 is 33.5 Å². The number of aromatic nitrogens is 1. The van der Waals surface area contributed by atoms with Crippen molar-refractivity contribution in [1.82, 2.24) is 4.57 Å². The predicted octanol–water partition coefficient (Wildman–Crippen LogP) is 4.08. The highest BCUT2D eigenvalue weighted by Gasteiger charge is 2.23. The van der Waals surface area contributed by atoms with Crippen molar-refractivity contribution < 1.29 is 0 Å². The molecule has 1 heterocycles. The number of rotatable bonds is 0. The molecule has 0 spiro atoms. The molecule has 1 aromatic carbocycles. The van der Waals surface area contributed by atoms with Gasteiger partial charge >= 0.3 is 0 Å². The second kappa shape index (κ2) is 3.51. The third kappa shape index (κ3) is 1.69. The predicted molar refractivity (Wildman–Crippen MR) is 74.3 cm³/mol. The zero-order valence-corrected chi connectivity index (χ0v) is 11.8. The molecule has 0 amide bonds. The van der Waals surface area contributed by atoms with Gasteiger partial charge in [-0.3, -0.25) is 0 Å². The first kappa shape index (κ1) is 11.0. The van der Waals surface area contributed by atoms with Gasteiger partial charge in [0.1, 0.15) is 0 Å². The smallest absolute Gasteiger partial charge is 0.0491 e. The van der Waals surface area contributed by atoms with E-state index in [4.69, 9.17) is 0 Å². The molecule has 0 aliphatic carbocycles. The lowest BCUT2D eigenvalue weighted by atomic mass is 9.92. The minimum absolute atomic E-state index is 0.199. The maximum Gasteiger partial charge on any atom is 0.0491 e. The van der Waals surface area contributed by atoms with E-state index in [1.807, 2.05) is 0 Å². The van der Waals surface area contributed by atoms with Crippen LogP contribution < -0.4 is 0 Å². The Morgan fingerprint density at radius 3 is 2.27 bits per heavy atom. The second-order valence-corrected chi connectivity index (χ2v) is 6.07. The average molecular weight is 313 g/mol. The van der Waals surface area contributed by atoms with E-state index < -0.39 is 0 Å². The highest BCUT2D eigenvalue weighted by Crippen LogP contribution is 2.34. The molecule has 80 valence electrons. The fraction of sp³-hybridized carbons (Fsp3) is 0.385. The Hall–Kier alpha value is -0.510. The molecule has 0 N–H and O–H groups in total. The van der Waals surface area contributed by atoms with Crippen molar-refractivity contribution in [3.05, 3.63) is 33.5 Å². The summed E-state index contributed by atoms with van der Waals surface area (Å²) in [4.78, 5) is 0. The lowest BCUT2D eigenvalue weighted by molar-refractivity contribution is 0.543. The van der Waals surface area contributed by atoms with Gasteiger partial charge in [0.2, 0.25) is 0 Å². The van der Waals surface area contributed by atoms with Crippen molar-refractivity contribution in [1.29, 1.82) is 0 Å². The number of hydrogen-bond donors (Lipinski definition) is 0. The van der Waals surface area contributed by atoms with Gasteiger partial charge in [-0.2, -0.15) is 0 Å². The normalized spacial score (nSPS) is 12.3. The Morgan fingerprint density at radius 2 is 1.73 bits per heavy atom. The molecule has 2 heteroatoms. The minimum atomic E-state index is 0.199. The van der Waals surface area contributed by atoms with E-state index in [2.05, 4.69) is 79.2 Å². The summed E-state index contributed by atoms with van der Waals surface area (Å²) in [6.07, 6.45) is 0. The van der Waals surface area contributed by atoms with Gasteiger partial charge in [-0.25, -0.2) is 0 Å². The second-order valence-electron chi connectivity index (χ2n) is 4.99. The molecule has 0 radical (unpaired) electrons. The summed E-state index contributed by atoms with van der Waals surface area (Å²) in [5, 5.41) is 1.37. The maximum absolute atomic E-state index is 2.46. The van der Waals surface area contributed by atoms with Crippen molar-refractivity contribution in [3.63, 3.8) is 0 Å². The van der Waals surface area contributed by atoms with E-state index in [9.17, 15) is 0 Å². The first-order valence-electron chi connectivity index (χ1n) is 5.16. The molecule has 2 aromatic rings. The highest BCUT2D eigenvalue weighted by atomic mass is 127. The fourth-order valence-electron chi connectivity index (χ4n) is 2.18. The molecule has 0 saturated heterocycles. The topological polar surface area (TPSA) is 4.93 Å². The summed E-state index contributed by atoms with van der Waals surface area (Å²) >= 11 is 2.46. The van der Waals surface area contributed by atoms with Crippen molar-refractivity contribution in [2.45, 2.75) is 26.2 Å². The maximum atomic E-state index is 2.46. The van der Waals surface area contributed by atoms with Crippen LogP contribution in [-0.2, 0) is 12.5 Å². The number of fused-ring (bicyclic) bond motifs is 1. The SMILES string of the molecule is Cn1c(C(C)(C)C)c(I)c2ccccc21. The zero-order valence-electron chi connectivity index (χ0n) is 9.63. The van der Waals surface area contributed by atoms with E-state index in [-0.39, 0.29) is 5.41 Å². The third-order valence-electron chi connectivity index (χ3n) is 2.76. The van der Waals surface area contributed by atoms with E-state index in [1.165, 1.54) is 20.2 Å². The quantitative estimate of drug-likeness (QED) is 0.646. The average Bonchev–Trinajstić information content (AvgIpc) is 2.39. The molecular formula is C13H16IN. The Balaban J connectivity index is 2.87. The lowest BCUT2D eigenvalue weighted by Crippen LogP contribution is -2.17. The minimum Gasteiger partial charge on any atom is -0.346 e. The molecule has 0 saturated carbocycles. The third-order valence-corrected chi connectivity index (χ3v) is 3.85. The molecule has 15 heavy (non-hydrogen) atoms. The Bertz CT molecular complexity index is 464. The number of halogens is 1. The molecule has 0 atom stereocenters. The molecule has 0 aliphatic rings. The van der Waals surface area contributed by atoms with E-state index in [0.29, 0.717) is 0 Å². The lowest BCUT2D eigenvalue weighted by Gasteiger charge is -2.20. The number of para-hydroxylation sites is 1. The van der Waals surface area contributed by atoms with E-state index >= 15 is 0 Å². The van der Waals surface area contributed by atoms with E-state index in [1.54, 1.807) is 0 Å². The molecule has 2 rings (SSSR count). The molecule has 1 aromatic heterocycles. The number of hydrogen-bond acceptors (Lipinski definition) is 0. The van der Waals surface area contributed by atoms with Gasteiger partial charge in [0.05, 0.1) is 0 Å². The first-order chi connectivity index (χ1) is 6.93. The fourth-order valence-corrected chi connectivity index (χ4v) is 3.81. The monoisotopic (exact) mass is 313 g/mol. The van der Waals surface area contributed by atoms with Crippen LogP contribution in [-0.4, -0.2) is 4.57 Å². The molecule has 0 aliphatic heterocycles. The number of nitrogens with zero attached hydrogens (tertiary/aromatic N) is 1. The Kier molecular flexibility index (Phi) is 2.57. The highest BCUT2D eigenvalue weighted by molar-refractivity contribution is 14.1. The molecule has 0 fully saturated rings. The van der Waals surface area contributed by atoms with Crippen LogP contribution in [0.25, 0.3) is 10.9 Å². The zero-order chi connectivity index (χ0) is 11.2. The van der Waals surface area contributed by atoms with Gasteiger partial charge in [0, 0.05) is 32.6 Å². The van der Waals surface area contributed by atoms with Crippen LogP contribution in [0.4, 0.5) is 0 Å². The molecule has 1 nitrogen and oxygen atoms in total. The summed E-state index contributed by atoms with van der Waals surface area (Å²) in [7, 11) is 2.16. The Morgan fingerprint density at radius 1 is 1.13 bits per heavy atom.